The van der Waals surface area contributed by atoms with Crippen LogP contribution in [0.3, 0.4) is 0 Å². The first kappa shape index (κ1) is 18.5. The number of sulfone groups is 1. The van der Waals surface area contributed by atoms with Gasteiger partial charge in [0.25, 0.3) is 0 Å². The summed E-state index contributed by atoms with van der Waals surface area (Å²) in [6, 6.07) is 8.21. The zero-order valence-electron chi connectivity index (χ0n) is 13.6. The second-order valence-electron chi connectivity index (χ2n) is 5.54. The van der Waals surface area contributed by atoms with Crippen molar-refractivity contribution in [3.63, 3.8) is 0 Å². The van der Waals surface area contributed by atoms with Gasteiger partial charge in [-0.3, -0.25) is 4.79 Å². The number of rotatable bonds is 7. The SMILES string of the molecule is Cc1ccc(S(=O)(=O)[C@H](CNC(=O)CCCl)c2ccco2)cc1C. The lowest BCUT2D eigenvalue weighted by Crippen LogP contribution is -2.31. The monoisotopic (exact) mass is 369 g/mol. The van der Waals surface area contributed by atoms with E-state index in [2.05, 4.69) is 5.32 Å². The number of hydrogen-bond donors (Lipinski definition) is 1. The van der Waals surface area contributed by atoms with E-state index in [-0.39, 0.29) is 29.6 Å². The zero-order valence-corrected chi connectivity index (χ0v) is 15.2. The summed E-state index contributed by atoms with van der Waals surface area (Å²) < 4.78 is 31.3. The maximum absolute atomic E-state index is 13.0. The molecule has 1 N–H and O–H groups in total. The zero-order chi connectivity index (χ0) is 17.7. The second-order valence-corrected chi connectivity index (χ2v) is 8.05. The number of alkyl halides is 1. The molecular weight excluding hydrogens is 350 g/mol. The highest BCUT2D eigenvalue weighted by Crippen LogP contribution is 2.30. The topological polar surface area (TPSA) is 76.4 Å². The predicted octanol–water partition coefficient (Wildman–Crippen LogP) is 3.16. The highest BCUT2D eigenvalue weighted by Gasteiger charge is 2.32. The number of hydrogen-bond acceptors (Lipinski definition) is 4. The molecule has 0 fully saturated rings. The Morgan fingerprint density at radius 1 is 1.25 bits per heavy atom. The molecule has 1 atom stereocenters. The molecule has 0 radical (unpaired) electrons. The fourth-order valence-electron chi connectivity index (χ4n) is 2.27. The molecule has 0 aliphatic rings. The lowest BCUT2D eigenvalue weighted by Gasteiger charge is -2.17. The summed E-state index contributed by atoms with van der Waals surface area (Å²) in [7, 11) is -3.72. The van der Waals surface area contributed by atoms with E-state index in [1.807, 2.05) is 13.8 Å². The van der Waals surface area contributed by atoms with E-state index in [1.165, 1.54) is 6.26 Å². The van der Waals surface area contributed by atoms with Crippen LogP contribution in [0.4, 0.5) is 0 Å². The average molecular weight is 370 g/mol. The van der Waals surface area contributed by atoms with Gasteiger partial charge in [-0.25, -0.2) is 8.42 Å². The molecule has 0 saturated heterocycles. The van der Waals surface area contributed by atoms with Crippen LogP contribution in [0.25, 0.3) is 0 Å². The van der Waals surface area contributed by atoms with Crippen molar-refractivity contribution < 1.29 is 17.6 Å². The van der Waals surface area contributed by atoms with Gasteiger partial charge < -0.3 is 9.73 Å². The Kier molecular flexibility index (Phi) is 6.07. The fraction of sp³-hybridized carbons (Fsp3) is 0.353. The van der Waals surface area contributed by atoms with Crippen LogP contribution in [0, 0.1) is 13.8 Å². The van der Waals surface area contributed by atoms with Crippen LogP contribution in [-0.4, -0.2) is 26.7 Å². The van der Waals surface area contributed by atoms with Gasteiger partial charge in [0.1, 0.15) is 11.0 Å². The molecule has 1 amide bonds. The standard InChI is InChI=1S/C17H20ClNO4S/c1-12-5-6-14(10-13(12)2)24(21,22)16(15-4-3-9-23-15)11-19-17(20)7-8-18/h3-6,9-10,16H,7-8,11H2,1-2H3,(H,19,20)/t16-/m1/s1. The van der Waals surface area contributed by atoms with Crippen LogP contribution >= 0.6 is 11.6 Å². The molecule has 5 nitrogen and oxygen atoms in total. The van der Waals surface area contributed by atoms with E-state index >= 15 is 0 Å². The van der Waals surface area contributed by atoms with Crippen LogP contribution < -0.4 is 5.32 Å². The van der Waals surface area contributed by atoms with Crippen molar-refractivity contribution in [2.75, 3.05) is 12.4 Å². The third kappa shape index (κ3) is 4.19. The maximum Gasteiger partial charge on any atom is 0.221 e. The summed E-state index contributed by atoms with van der Waals surface area (Å²) in [4.78, 5) is 11.9. The fourth-order valence-corrected chi connectivity index (χ4v) is 4.12. The number of furan rings is 1. The van der Waals surface area contributed by atoms with Gasteiger partial charge in [-0.15, -0.1) is 11.6 Å². The molecule has 1 aromatic heterocycles. The van der Waals surface area contributed by atoms with Crippen molar-refractivity contribution in [2.24, 2.45) is 0 Å². The van der Waals surface area contributed by atoms with Crippen molar-refractivity contribution in [1.29, 1.82) is 0 Å². The molecule has 0 saturated carbocycles. The summed E-state index contributed by atoms with van der Waals surface area (Å²) in [5.74, 6) is 0.178. The van der Waals surface area contributed by atoms with Gasteiger partial charge in [0.05, 0.1) is 11.2 Å². The Balaban J connectivity index is 2.34. The molecule has 0 spiro atoms. The Bertz CT molecular complexity index is 800. The summed E-state index contributed by atoms with van der Waals surface area (Å²) >= 11 is 5.53. The lowest BCUT2D eigenvalue weighted by atomic mass is 10.1. The Morgan fingerprint density at radius 2 is 2.00 bits per heavy atom. The minimum atomic E-state index is -3.72. The van der Waals surface area contributed by atoms with Gasteiger partial charge in [0, 0.05) is 18.8 Å². The number of halogens is 1. The highest BCUT2D eigenvalue weighted by molar-refractivity contribution is 7.91. The van der Waals surface area contributed by atoms with E-state index in [0.717, 1.165) is 11.1 Å². The maximum atomic E-state index is 13.0. The van der Waals surface area contributed by atoms with Crippen LogP contribution in [0.2, 0.25) is 0 Å². The molecule has 0 unspecified atom stereocenters. The van der Waals surface area contributed by atoms with E-state index < -0.39 is 15.1 Å². The van der Waals surface area contributed by atoms with E-state index in [4.69, 9.17) is 16.0 Å². The van der Waals surface area contributed by atoms with Gasteiger partial charge in [-0.2, -0.15) is 0 Å². The number of aryl methyl sites for hydroxylation is 2. The summed E-state index contributed by atoms with van der Waals surface area (Å²) in [5, 5.41) is 1.62. The second kappa shape index (κ2) is 7.85. The Hall–Kier alpha value is -1.79. The molecule has 0 bridgehead atoms. The molecule has 130 valence electrons. The first-order valence-corrected chi connectivity index (χ1v) is 9.61. The van der Waals surface area contributed by atoms with E-state index in [9.17, 15) is 13.2 Å². The Labute approximate surface area is 146 Å². The van der Waals surface area contributed by atoms with Crippen LogP contribution in [0.5, 0.6) is 0 Å². The van der Waals surface area contributed by atoms with Crippen molar-refractivity contribution in [1.82, 2.24) is 5.32 Å². The number of carbonyl (C=O) groups is 1. The number of benzene rings is 1. The summed E-state index contributed by atoms with van der Waals surface area (Å²) in [6.45, 7) is 3.71. The van der Waals surface area contributed by atoms with Gasteiger partial charge in [0.2, 0.25) is 5.91 Å². The highest BCUT2D eigenvalue weighted by atomic mass is 35.5. The minimum absolute atomic E-state index is 0.0709. The van der Waals surface area contributed by atoms with Gasteiger partial charge in [-0.05, 0) is 49.2 Å². The van der Waals surface area contributed by atoms with E-state index in [1.54, 1.807) is 30.3 Å². The predicted molar refractivity (Wildman–Crippen MR) is 92.9 cm³/mol. The van der Waals surface area contributed by atoms with Crippen molar-refractivity contribution in [2.45, 2.75) is 30.4 Å². The molecule has 0 aliphatic carbocycles. The van der Waals surface area contributed by atoms with Gasteiger partial charge in [-0.1, -0.05) is 6.07 Å². The van der Waals surface area contributed by atoms with Gasteiger partial charge >= 0.3 is 0 Å². The Morgan fingerprint density at radius 3 is 2.58 bits per heavy atom. The third-order valence-electron chi connectivity index (χ3n) is 3.85. The largest absolute Gasteiger partial charge is 0.468 e. The first-order chi connectivity index (χ1) is 11.4. The molecule has 0 aliphatic heterocycles. The summed E-state index contributed by atoms with van der Waals surface area (Å²) in [5.41, 5.74) is 1.90. The number of nitrogens with one attached hydrogen (secondary N) is 1. The molecule has 2 aromatic rings. The van der Waals surface area contributed by atoms with E-state index in [0.29, 0.717) is 5.76 Å². The molecule has 2 rings (SSSR count). The van der Waals surface area contributed by atoms with Crippen LogP contribution in [0.1, 0.15) is 28.6 Å². The number of carbonyl (C=O) groups excluding carboxylic acids is 1. The minimum Gasteiger partial charge on any atom is -0.468 e. The molecule has 1 aromatic carbocycles. The molecule has 1 heterocycles. The van der Waals surface area contributed by atoms with Crippen molar-refractivity contribution in [3.8, 4) is 0 Å². The van der Waals surface area contributed by atoms with Crippen LogP contribution in [-0.2, 0) is 14.6 Å². The quantitative estimate of drug-likeness (QED) is 0.760. The molecular formula is C17H20ClNO4S. The van der Waals surface area contributed by atoms with Gasteiger partial charge in [0.15, 0.2) is 9.84 Å². The summed E-state index contributed by atoms with van der Waals surface area (Å²) in [6.07, 6.45) is 1.55. The smallest absolute Gasteiger partial charge is 0.221 e. The van der Waals surface area contributed by atoms with Crippen LogP contribution in [0.15, 0.2) is 45.9 Å². The average Bonchev–Trinajstić information content (AvgIpc) is 3.04. The molecule has 24 heavy (non-hydrogen) atoms. The molecule has 7 heteroatoms. The third-order valence-corrected chi connectivity index (χ3v) is 6.10. The number of amides is 1. The first-order valence-electron chi connectivity index (χ1n) is 7.53. The normalized spacial score (nSPS) is 12.8. The van der Waals surface area contributed by atoms with Crippen molar-refractivity contribution >= 4 is 27.3 Å². The lowest BCUT2D eigenvalue weighted by molar-refractivity contribution is -0.120. The van der Waals surface area contributed by atoms with Crippen molar-refractivity contribution in [3.05, 3.63) is 53.5 Å².